The normalized spacial score (nSPS) is 5.92. The highest BCUT2D eigenvalue weighted by molar-refractivity contribution is 7.07. The molecule has 48 heavy (non-hydrogen) atoms. The molecule has 0 aromatic carbocycles. The Morgan fingerprint density at radius 1 is 0.333 bits per heavy atom. The van der Waals surface area contributed by atoms with Crippen LogP contribution in [0.15, 0.2) is 116 Å². The average Bonchev–Trinajstić information content (AvgIpc) is 4.06. The maximum Gasteiger partial charge on any atom is 0.115 e. The molecule has 0 aliphatic heterocycles. The number of aromatic amines is 1. The number of nitrogens with one attached hydrogen (secondary N) is 1. The highest BCUT2D eigenvalue weighted by Crippen LogP contribution is 1.86. The lowest BCUT2D eigenvalue weighted by Crippen LogP contribution is -1.66. The second kappa shape index (κ2) is 131. The molecule has 0 aliphatic rings. The van der Waals surface area contributed by atoms with E-state index in [1.165, 1.54) is 6.33 Å². The molecular weight excluding hydrogens is 613 g/mol. The maximum atomic E-state index is 3.78. The van der Waals surface area contributed by atoms with Crippen molar-refractivity contribution in [2.45, 2.75) is 138 Å². The summed E-state index contributed by atoms with van der Waals surface area (Å²) in [4.78, 5) is 28.7. The molecular formula is C39H80N8S. The molecule has 0 atom stereocenters. The van der Waals surface area contributed by atoms with Crippen LogP contribution in [0.25, 0.3) is 0 Å². The lowest BCUT2D eigenvalue weighted by atomic mass is 10.5. The fourth-order valence-electron chi connectivity index (χ4n) is 1.21. The van der Waals surface area contributed by atoms with E-state index in [2.05, 4.69) is 39.9 Å². The Bertz CT molecular complexity index is 606. The van der Waals surface area contributed by atoms with Gasteiger partial charge in [-0.1, -0.05) is 145 Å². The van der Waals surface area contributed by atoms with Gasteiger partial charge < -0.3 is 4.98 Å². The lowest BCUT2D eigenvalue weighted by Gasteiger charge is -1.70. The van der Waals surface area contributed by atoms with E-state index in [9.17, 15) is 0 Å². The number of hydrogen-bond acceptors (Lipinski definition) is 8. The summed E-state index contributed by atoms with van der Waals surface area (Å²) in [5.74, 6) is 0. The van der Waals surface area contributed by atoms with Gasteiger partial charge in [0.1, 0.15) is 6.33 Å². The molecule has 5 aromatic heterocycles. The molecule has 5 heterocycles. The minimum absolute atomic E-state index is 1.50. The topological polar surface area (TPSA) is 106 Å². The Kier molecular flexibility index (Phi) is 193. The molecule has 5 aromatic rings. The van der Waals surface area contributed by atoms with Crippen LogP contribution in [0.5, 0.6) is 0 Å². The Balaban J connectivity index is -0.0000000417. The second-order valence-corrected chi connectivity index (χ2v) is 5.01. The summed E-state index contributed by atoms with van der Waals surface area (Å²) in [6.07, 6.45) is 21.8. The zero-order chi connectivity index (χ0) is 39.8. The Labute approximate surface area is 304 Å². The molecule has 9 heteroatoms. The van der Waals surface area contributed by atoms with Crippen LogP contribution in [0.1, 0.15) is 138 Å². The van der Waals surface area contributed by atoms with Crippen LogP contribution < -0.4 is 0 Å². The van der Waals surface area contributed by atoms with Gasteiger partial charge in [-0.05, 0) is 18.2 Å². The molecule has 282 valence electrons. The zero-order valence-corrected chi connectivity index (χ0v) is 35.8. The first-order valence-corrected chi connectivity index (χ1v) is 18.9. The van der Waals surface area contributed by atoms with Crippen molar-refractivity contribution in [3.05, 3.63) is 116 Å². The molecule has 5 rings (SSSR count). The molecule has 0 radical (unpaired) electrons. The van der Waals surface area contributed by atoms with Crippen molar-refractivity contribution >= 4 is 11.3 Å². The molecule has 0 spiro atoms. The molecule has 0 saturated carbocycles. The van der Waals surface area contributed by atoms with Crippen molar-refractivity contribution in [1.29, 1.82) is 0 Å². The second-order valence-electron chi connectivity index (χ2n) is 4.26. The predicted octanol–water partition coefficient (Wildman–Crippen LogP) is 13.8. The van der Waals surface area contributed by atoms with Crippen molar-refractivity contribution in [2.24, 2.45) is 0 Å². The first-order chi connectivity index (χ1) is 24.0. The van der Waals surface area contributed by atoms with E-state index >= 15 is 0 Å². The largest absolute Gasteiger partial charge is 0.351 e. The number of aromatic nitrogens is 8. The first kappa shape index (κ1) is 70.5. The molecule has 0 unspecified atom stereocenters. The Hall–Kier alpha value is -3.85. The van der Waals surface area contributed by atoms with Gasteiger partial charge in [-0.15, -0.1) is 11.3 Å². The third kappa shape index (κ3) is 122. The number of nitrogens with zero attached hydrogens (tertiary/aromatic N) is 7. The fraction of sp³-hybridized carbons (Fsp3) is 0.513. The number of hydrogen-bond donors (Lipinski definition) is 1. The van der Waals surface area contributed by atoms with Gasteiger partial charge in [0.15, 0.2) is 0 Å². The van der Waals surface area contributed by atoms with E-state index in [0.717, 1.165) is 0 Å². The summed E-state index contributed by atoms with van der Waals surface area (Å²) in [7, 11) is 0. The van der Waals surface area contributed by atoms with Gasteiger partial charge in [0.2, 0.25) is 0 Å². The van der Waals surface area contributed by atoms with Crippen LogP contribution in [-0.2, 0) is 0 Å². The van der Waals surface area contributed by atoms with Crippen LogP contribution in [0, 0.1) is 0 Å². The summed E-state index contributed by atoms with van der Waals surface area (Å²) in [5.41, 5.74) is 1.79. The number of rotatable bonds is 0. The van der Waals surface area contributed by atoms with Gasteiger partial charge in [-0.3, -0.25) is 19.9 Å². The van der Waals surface area contributed by atoms with Crippen LogP contribution in [0.3, 0.4) is 0 Å². The third-order valence-corrected chi connectivity index (χ3v) is 2.80. The lowest BCUT2D eigenvalue weighted by molar-refractivity contribution is 1.17. The predicted molar refractivity (Wildman–Crippen MR) is 222 cm³/mol. The molecule has 1 N–H and O–H groups in total. The van der Waals surface area contributed by atoms with E-state index in [0.29, 0.717) is 0 Å². The summed E-state index contributed by atoms with van der Waals surface area (Å²) in [6, 6.07) is 7.49. The van der Waals surface area contributed by atoms with Crippen molar-refractivity contribution < 1.29 is 0 Å². The molecule has 0 saturated heterocycles. The van der Waals surface area contributed by atoms with E-state index in [1.807, 2.05) is 162 Å². The number of imidazole rings is 1. The highest BCUT2D eigenvalue weighted by Gasteiger charge is 1.61. The first-order valence-electron chi connectivity index (χ1n) is 18.0. The minimum Gasteiger partial charge on any atom is -0.351 e. The zero-order valence-electron chi connectivity index (χ0n) is 35.0. The third-order valence-electron chi connectivity index (χ3n) is 2.27. The van der Waals surface area contributed by atoms with E-state index in [-0.39, 0.29) is 0 Å². The summed E-state index contributed by atoms with van der Waals surface area (Å²) in [5, 5.41) is 1.93. The van der Waals surface area contributed by atoms with Crippen molar-refractivity contribution in [3.8, 4) is 0 Å². The van der Waals surface area contributed by atoms with Gasteiger partial charge in [-0.2, -0.15) is 0 Å². The molecule has 0 aliphatic carbocycles. The SMILES string of the molecule is CC.CC.CC.CC.CC.CC.CC.CC.CC.CC.c1c[nH]cn1.c1ccncc1.c1cnccn1.c1cncnc1.c1cscn1. The van der Waals surface area contributed by atoms with E-state index in [4.69, 9.17) is 0 Å². The Morgan fingerprint density at radius 2 is 0.708 bits per heavy atom. The van der Waals surface area contributed by atoms with Gasteiger partial charge in [-0.25, -0.2) is 15.0 Å². The van der Waals surface area contributed by atoms with Gasteiger partial charge in [0.05, 0.1) is 11.8 Å². The van der Waals surface area contributed by atoms with Crippen LogP contribution in [0.4, 0.5) is 0 Å². The van der Waals surface area contributed by atoms with Crippen LogP contribution in [0.2, 0.25) is 0 Å². The number of H-pyrrole nitrogens is 1. The van der Waals surface area contributed by atoms with Crippen molar-refractivity contribution in [3.63, 3.8) is 0 Å². The summed E-state index contributed by atoms with van der Waals surface area (Å²) >= 11 is 1.60. The molecule has 8 nitrogen and oxygen atoms in total. The average molecular weight is 693 g/mol. The monoisotopic (exact) mass is 693 g/mol. The standard InChI is InChI=1S/C5H5N.2C4H4N2.C3H4N2.C3H3NS.10C2H6/c1-2-4-6-5-3-1;1-2-6-4-3-5-1;1-2-5-4-6-3-1;2*1-2-5-3-4-1;10*1-2/h1-5H;2*1-4H;1-3H,(H,4,5);1-3H;10*1-2H3. The van der Waals surface area contributed by atoms with Crippen LogP contribution in [-0.4, -0.2) is 39.9 Å². The van der Waals surface area contributed by atoms with Gasteiger partial charge >= 0.3 is 0 Å². The minimum atomic E-state index is 1.50. The molecule has 0 amide bonds. The van der Waals surface area contributed by atoms with Gasteiger partial charge in [0, 0.05) is 73.5 Å². The number of thiazole rings is 1. The van der Waals surface area contributed by atoms with E-state index < -0.39 is 0 Å². The van der Waals surface area contributed by atoms with Gasteiger partial charge in [0.25, 0.3) is 0 Å². The smallest absolute Gasteiger partial charge is 0.115 e. The molecule has 0 fully saturated rings. The van der Waals surface area contributed by atoms with Crippen LogP contribution >= 0.6 is 11.3 Å². The number of pyridine rings is 1. The quantitative estimate of drug-likeness (QED) is 0.172. The van der Waals surface area contributed by atoms with Crippen molar-refractivity contribution in [1.82, 2.24) is 39.9 Å². The van der Waals surface area contributed by atoms with E-state index in [1.54, 1.807) is 97.4 Å². The van der Waals surface area contributed by atoms with Crippen molar-refractivity contribution in [2.75, 3.05) is 0 Å². The summed E-state index contributed by atoms with van der Waals surface area (Å²) < 4.78 is 0. The fourth-order valence-corrected chi connectivity index (χ4v) is 1.56. The highest BCUT2D eigenvalue weighted by atomic mass is 32.1. The maximum absolute atomic E-state index is 3.78. The molecule has 0 bridgehead atoms. The Morgan fingerprint density at radius 3 is 0.812 bits per heavy atom. The summed E-state index contributed by atoms with van der Waals surface area (Å²) in [6.45, 7) is 40.0.